The van der Waals surface area contributed by atoms with E-state index in [1.54, 1.807) is 48.5 Å². The number of para-hydroxylation sites is 1. The van der Waals surface area contributed by atoms with E-state index in [1.165, 1.54) is 0 Å². The van der Waals surface area contributed by atoms with Crippen molar-refractivity contribution in [3.05, 3.63) is 72.3 Å². The Bertz CT molecular complexity index is 884. The van der Waals surface area contributed by atoms with Crippen LogP contribution in [0, 0.1) is 6.92 Å². The number of hydrogen-bond donors (Lipinski definition) is 0. The lowest BCUT2D eigenvalue weighted by Gasteiger charge is -2.10. The maximum absolute atomic E-state index is 12.5. The van der Waals surface area contributed by atoms with E-state index in [0.717, 1.165) is 10.9 Å². The largest absolute Gasteiger partial charge is 0.379 e. The second kappa shape index (κ2) is 5.22. The maximum Gasteiger partial charge on any atom is 0.339 e. The zero-order valence-corrected chi connectivity index (χ0v) is 12.3. The SMILES string of the molecule is Cc1ccc(S(=O)(=O)Oc2ccccc2)c2ccccc12. The summed E-state index contributed by atoms with van der Waals surface area (Å²) in [5.41, 5.74) is 1.03. The molecule has 0 aliphatic carbocycles. The third kappa shape index (κ3) is 2.62. The summed E-state index contributed by atoms with van der Waals surface area (Å²) in [5, 5.41) is 1.59. The average molecular weight is 298 g/mol. The smallest absolute Gasteiger partial charge is 0.339 e. The highest BCUT2D eigenvalue weighted by Gasteiger charge is 2.20. The minimum atomic E-state index is -3.86. The molecule has 0 aromatic heterocycles. The first-order chi connectivity index (χ1) is 10.1. The van der Waals surface area contributed by atoms with Crippen LogP contribution >= 0.6 is 0 Å². The van der Waals surface area contributed by atoms with Gasteiger partial charge in [-0.1, -0.05) is 48.5 Å². The van der Waals surface area contributed by atoms with Gasteiger partial charge in [0.25, 0.3) is 0 Å². The van der Waals surface area contributed by atoms with E-state index >= 15 is 0 Å². The second-order valence-corrected chi connectivity index (χ2v) is 6.29. The summed E-state index contributed by atoms with van der Waals surface area (Å²) in [7, 11) is -3.86. The predicted octanol–water partition coefficient (Wildman–Crippen LogP) is 3.92. The van der Waals surface area contributed by atoms with Gasteiger partial charge in [-0.2, -0.15) is 8.42 Å². The van der Waals surface area contributed by atoms with Gasteiger partial charge in [-0.15, -0.1) is 0 Å². The molecule has 0 radical (unpaired) electrons. The van der Waals surface area contributed by atoms with Crippen LogP contribution in [0.4, 0.5) is 0 Å². The summed E-state index contributed by atoms with van der Waals surface area (Å²) < 4.78 is 30.2. The number of benzene rings is 3. The number of hydrogen-bond acceptors (Lipinski definition) is 3. The third-order valence-corrected chi connectivity index (χ3v) is 4.63. The van der Waals surface area contributed by atoms with Gasteiger partial charge in [0, 0.05) is 5.39 Å². The van der Waals surface area contributed by atoms with Crippen LogP contribution in [0.15, 0.2) is 71.6 Å². The molecular formula is C17H14O3S. The van der Waals surface area contributed by atoms with Gasteiger partial charge < -0.3 is 4.18 Å². The Hall–Kier alpha value is -2.33. The topological polar surface area (TPSA) is 43.4 Å². The predicted molar refractivity (Wildman–Crippen MR) is 82.9 cm³/mol. The first-order valence-electron chi connectivity index (χ1n) is 6.56. The summed E-state index contributed by atoms with van der Waals surface area (Å²) in [4.78, 5) is 0.188. The van der Waals surface area contributed by atoms with Crippen LogP contribution < -0.4 is 4.18 Å². The Balaban J connectivity index is 2.14. The van der Waals surface area contributed by atoms with E-state index in [0.29, 0.717) is 11.1 Å². The molecule has 0 atom stereocenters. The quantitative estimate of drug-likeness (QED) is 0.688. The van der Waals surface area contributed by atoms with Crippen LogP contribution in [0.3, 0.4) is 0 Å². The molecule has 3 rings (SSSR count). The molecule has 0 heterocycles. The van der Waals surface area contributed by atoms with Crippen molar-refractivity contribution < 1.29 is 12.6 Å². The Morgan fingerprint density at radius 1 is 0.762 bits per heavy atom. The molecule has 4 heteroatoms. The van der Waals surface area contributed by atoms with E-state index in [-0.39, 0.29) is 4.90 Å². The van der Waals surface area contributed by atoms with Crippen molar-refractivity contribution in [2.45, 2.75) is 11.8 Å². The number of fused-ring (bicyclic) bond motifs is 1. The monoisotopic (exact) mass is 298 g/mol. The molecule has 3 nitrogen and oxygen atoms in total. The van der Waals surface area contributed by atoms with Gasteiger partial charge >= 0.3 is 10.1 Å². The summed E-state index contributed by atoms with van der Waals surface area (Å²) in [6.07, 6.45) is 0. The van der Waals surface area contributed by atoms with Crippen LogP contribution in [-0.4, -0.2) is 8.42 Å². The van der Waals surface area contributed by atoms with E-state index in [1.807, 2.05) is 25.1 Å². The van der Waals surface area contributed by atoms with Crippen LogP contribution in [0.5, 0.6) is 5.75 Å². The molecule has 21 heavy (non-hydrogen) atoms. The molecule has 3 aromatic rings. The molecule has 0 unspecified atom stereocenters. The standard InChI is InChI=1S/C17H14O3S/c1-13-11-12-17(16-10-6-5-9-15(13)16)21(18,19)20-14-7-3-2-4-8-14/h2-12H,1H3. The van der Waals surface area contributed by atoms with Crippen LogP contribution in [0.25, 0.3) is 10.8 Å². The van der Waals surface area contributed by atoms with Crippen molar-refractivity contribution in [2.24, 2.45) is 0 Å². The van der Waals surface area contributed by atoms with Crippen molar-refractivity contribution in [3.63, 3.8) is 0 Å². The average Bonchev–Trinajstić information content (AvgIpc) is 2.48. The summed E-state index contributed by atoms with van der Waals surface area (Å²) >= 11 is 0. The van der Waals surface area contributed by atoms with Crippen molar-refractivity contribution >= 4 is 20.9 Å². The Labute approximate surface area is 123 Å². The molecule has 3 aromatic carbocycles. The van der Waals surface area contributed by atoms with E-state index in [2.05, 4.69) is 0 Å². The van der Waals surface area contributed by atoms with Gasteiger partial charge in [0.1, 0.15) is 10.6 Å². The van der Waals surface area contributed by atoms with E-state index < -0.39 is 10.1 Å². The van der Waals surface area contributed by atoms with Crippen molar-refractivity contribution in [3.8, 4) is 5.75 Å². The lowest BCUT2D eigenvalue weighted by Crippen LogP contribution is -2.10. The Kier molecular flexibility index (Phi) is 3.39. The van der Waals surface area contributed by atoms with Gasteiger partial charge in [0.05, 0.1) is 0 Å². The summed E-state index contributed by atoms with van der Waals surface area (Å²) in [6.45, 7) is 1.96. The fourth-order valence-electron chi connectivity index (χ4n) is 2.29. The van der Waals surface area contributed by atoms with Crippen molar-refractivity contribution in [1.82, 2.24) is 0 Å². The molecule has 0 spiro atoms. The molecular weight excluding hydrogens is 284 g/mol. The third-order valence-electron chi connectivity index (χ3n) is 3.32. The maximum atomic E-state index is 12.5. The van der Waals surface area contributed by atoms with Crippen molar-refractivity contribution in [2.75, 3.05) is 0 Å². The molecule has 0 N–H and O–H groups in total. The molecule has 0 saturated heterocycles. The lowest BCUT2D eigenvalue weighted by molar-refractivity contribution is 0.487. The van der Waals surface area contributed by atoms with Gasteiger partial charge in [-0.25, -0.2) is 0 Å². The van der Waals surface area contributed by atoms with Gasteiger partial charge in [0.2, 0.25) is 0 Å². The van der Waals surface area contributed by atoms with Crippen LogP contribution in [0.2, 0.25) is 0 Å². The first kappa shape index (κ1) is 13.6. The molecule has 0 bridgehead atoms. The molecule has 0 aliphatic heterocycles. The highest BCUT2D eigenvalue weighted by Crippen LogP contribution is 2.28. The Morgan fingerprint density at radius 3 is 2.10 bits per heavy atom. The minimum absolute atomic E-state index is 0.188. The summed E-state index contributed by atoms with van der Waals surface area (Å²) in [6, 6.07) is 19.3. The summed E-state index contributed by atoms with van der Waals surface area (Å²) in [5.74, 6) is 0.308. The lowest BCUT2D eigenvalue weighted by atomic mass is 10.1. The van der Waals surface area contributed by atoms with Gasteiger partial charge in [-0.3, -0.25) is 0 Å². The van der Waals surface area contributed by atoms with Crippen LogP contribution in [0.1, 0.15) is 5.56 Å². The highest BCUT2D eigenvalue weighted by molar-refractivity contribution is 7.87. The molecule has 0 amide bonds. The Morgan fingerprint density at radius 2 is 1.38 bits per heavy atom. The molecule has 106 valence electrons. The number of aryl methyl sites for hydroxylation is 1. The van der Waals surface area contributed by atoms with Crippen molar-refractivity contribution in [1.29, 1.82) is 0 Å². The van der Waals surface area contributed by atoms with Gasteiger partial charge in [-0.05, 0) is 36.1 Å². The highest BCUT2D eigenvalue weighted by atomic mass is 32.2. The normalized spacial score (nSPS) is 11.5. The fraction of sp³-hybridized carbons (Fsp3) is 0.0588. The molecule has 0 saturated carbocycles. The van der Waals surface area contributed by atoms with Crippen LogP contribution in [-0.2, 0) is 10.1 Å². The first-order valence-corrected chi connectivity index (χ1v) is 7.97. The molecule has 0 aliphatic rings. The zero-order chi connectivity index (χ0) is 14.9. The fourth-order valence-corrected chi connectivity index (χ4v) is 3.42. The zero-order valence-electron chi connectivity index (χ0n) is 11.5. The van der Waals surface area contributed by atoms with E-state index in [9.17, 15) is 8.42 Å². The van der Waals surface area contributed by atoms with E-state index in [4.69, 9.17) is 4.18 Å². The second-order valence-electron chi connectivity index (χ2n) is 4.78. The molecule has 0 fully saturated rings. The van der Waals surface area contributed by atoms with Gasteiger partial charge in [0.15, 0.2) is 0 Å². The number of rotatable bonds is 3. The minimum Gasteiger partial charge on any atom is -0.379 e.